The van der Waals surface area contributed by atoms with Gasteiger partial charge in [0, 0.05) is 23.2 Å². The van der Waals surface area contributed by atoms with Gasteiger partial charge < -0.3 is 14.8 Å². The summed E-state index contributed by atoms with van der Waals surface area (Å²) in [4.78, 5) is 23.2. The molecule has 114 valence electrons. The highest BCUT2D eigenvalue weighted by molar-refractivity contribution is 6.35. The lowest BCUT2D eigenvalue weighted by Gasteiger charge is -2.10. The second kappa shape index (κ2) is 7.64. The van der Waals surface area contributed by atoms with Gasteiger partial charge in [0.2, 0.25) is 0 Å². The molecule has 1 aliphatic heterocycles. The van der Waals surface area contributed by atoms with Crippen LogP contribution in [0.2, 0.25) is 10.0 Å². The molecule has 1 N–H and O–H groups in total. The summed E-state index contributed by atoms with van der Waals surface area (Å²) < 4.78 is 10.1. The van der Waals surface area contributed by atoms with Crippen LogP contribution in [0.3, 0.4) is 0 Å². The highest BCUT2D eigenvalue weighted by Crippen LogP contribution is 2.20. The van der Waals surface area contributed by atoms with Crippen molar-refractivity contribution in [1.82, 2.24) is 5.32 Å². The highest BCUT2D eigenvalue weighted by Gasteiger charge is 2.25. The van der Waals surface area contributed by atoms with Crippen LogP contribution in [0.25, 0.3) is 0 Å². The van der Waals surface area contributed by atoms with Crippen LogP contribution in [0.15, 0.2) is 18.2 Å². The quantitative estimate of drug-likeness (QED) is 0.841. The predicted octanol–water partition coefficient (Wildman–Crippen LogP) is 2.33. The Labute approximate surface area is 132 Å². The Morgan fingerprint density at radius 3 is 2.86 bits per heavy atom. The Kier molecular flexibility index (Phi) is 5.85. The maximum atomic E-state index is 11.6. The van der Waals surface area contributed by atoms with E-state index >= 15 is 0 Å². The molecule has 1 aliphatic rings. The van der Waals surface area contributed by atoms with E-state index in [0.29, 0.717) is 23.1 Å². The highest BCUT2D eigenvalue weighted by atomic mass is 35.5. The molecule has 1 aromatic rings. The van der Waals surface area contributed by atoms with Gasteiger partial charge in [-0.15, -0.1) is 0 Å². The molecule has 7 heteroatoms. The largest absolute Gasteiger partial charge is 0.454 e. The van der Waals surface area contributed by atoms with Gasteiger partial charge in [0.1, 0.15) is 0 Å². The molecule has 1 fully saturated rings. The molecule has 0 saturated carbocycles. The van der Waals surface area contributed by atoms with Crippen LogP contribution in [-0.4, -0.2) is 31.2 Å². The maximum absolute atomic E-state index is 11.6. The molecule has 5 nitrogen and oxygen atoms in total. The number of esters is 1. The Balaban J connectivity index is 1.73. The van der Waals surface area contributed by atoms with Gasteiger partial charge in [0.05, 0.1) is 0 Å². The van der Waals surface area contributed by atoms with E-state index in [9.17, 15) is 9.59 Å². The molecular weight excluding hydrogens is 317 g/mol. The van der Waals surface area contributed by atoms with E-state index in [4.69, 9.17) is 32.7 Å². The van der Waals surface area contributed by atoms with Gasteiger partial charge in [-0.05, 0) is 30.5 Å². The Morgan fingerprint density at radius 1 is 1.38 bits per heavy atom. The molecule has 1 unspecified atom stereocenters. The molecule has 0 aliphatic carbocycles. The number of ether oxygens (including phenoxy) is 2. The molecule has 1 aromatic carbocycles. The summed E-state index contributed by atoms with van der Waals surface area (Å²) in [6.07, 6.45) is 0.936. The summed E-state index contributed by atoms with van der Waals surface area (Å²) in [6, 6.07) is 5.01. The molecule has 1 heterocycles. The molecule has 0 radical (unpaired) electrons. The number of hydrogen-bond donors (Lipinski definition) is 1. The minimum atomic E-state index is -0.538. The first-order valence-electron chi connectivity index (χ1n) is 6.55. The van der Waals surface area contributed by atoms with Crippen LogP contribution in [0.5, 0.6) is 0 Å². The van der Waals surface area contributed by atoms with Gasteiger partial charge >= 0.3 is 5.97 Å². The fourth-order valence-corrected chi connectivity index (χ4v) is 2.38. The van der Waals surface area contributed by atoms with Crippen molar-refractivity contribution in [2.75, 3.05) is 13.2 Å². The van der Waals surface area contributed by atoms with E-state index in [1.54, 1.807) is 18.2 Å². The van der Waals surface area contributed by atoms with E-state index < -0.39 is 18.0 Å². The topological polar surface area (TPSA) is 64.6 Å². The van der Waals surface area contributed by atoms with Crippen LogP contribution in [0, 0.1) is 0 Å². The van der Waals surface area contributed by atoms with Crippen LogP contribution in [-0.2, 0) is 25.6 Å². The molecule has 0 bridgehead atoms. The van der Waals surface area contributed by atoms with E-state index in [-0.39, 0.29) is 13.2 Å². The van der Waals surface area contributed by atoms with Crippen LogP contribution >= 0.6 is 23.2 Å². The molecule has 2 rings (SSSR count). The second-order valence-electron chi connectivity index (χ2n) is 4.62. The summed E-state index contributed by atoms with van der Waals surface area (Å²) in [7, 11) is 0. The monoisotopic (exact) mass is 331 g/mol. The molecule has 21 heavy (non-hydrogen) atoms. The fourth-order valence-electron chi connectivity index (χ4n) is 1.90. The number of carbonyl (C=O) groups excluding carboxylic acids is 2. The molecular formula is C14H15Cl2NO4. The Hall–Kier alpha value is -1.30. The minimum absolute atomic E-state index is 0.242. The summed E-state index contributed by atoms with van der Waals surface area (Å²) in [6.45, 7) is 0.469. The fraction of sp³-hybridized carbons (Fsp3) is 0.429. The van der Waals surface area contributed by atoms with Crippen molar-refractivity contribution in [3.8, 4) is 0 Å². The first-order valence-corrected chi connectivity index (χ1v) is 7.30. The molecule has 0 spiro atoms. The predicted molar refractivity (Wildman–Crippen MR) is 78.2 cm³/mol. The number of rotatable bonds is 5. The third-order valence-electron chi connectivity index (χ3n) is 3.03. The van der Waals surface area contributed by atoms with Crippen molar-refractivity contribution in [2.45, 2.75) is 25.5 Å². The maximum Gasteiger partial charge on any atom is 0.335 e. The van der Waals surface area contributed by atoms with Crippen LogP contribution < -0.4 is 5.32 Å². The van der Waals surface area contributed by atoms with E-state index in [1.165, 1.54) is 0 Å². The number of hydrogen-bond acceptors (Lipinski definition) is 4. The van der Waals surface area contributed by atoms with E-state index in [2.05, 4.69) is 5.32 Å². The van der Waals surface area contributed by atoms with Crippen molar-refractivity contribution in [3.05, 3.63) is 33.8 Å². The third-order valence-corrected chi connectivity index (χ3v) is 3.62. The SMILES string of the molecule is O=C(COC(=O)C1CCCO1)NCc1ccc(Cl)cc1Cl. The van der Waals surface area contributed by atoms with Crippen molar-refractivity contribution in [1.29, 1.82) is 0 Å². The zero-order valence-electron chi connectivity index (χ0n) is 11.2. The zero-order chi connectivity index (χ0) is 15.2. The number of nitrogens with one attached hydrogen (secondary N) is 1. The van der Waals surface area contributed by atoms with Gasteiger partial charge in [-0.25, -0.2) is 4.79 Å². The number of carbonyl (C=O) groups is 2. The van der Waals surface area contributed by atoms with Crippen molar-refractivity contribution < 1.29 is 19.1 Å². The van der Waals surface area contributed by atoms with Gasteiger partial charge in [-0.2, -0.15) is 0 Å². The number of benzene rings is 1. The van der Waals surface area contributed by atoms with Gasteiger partial charge in [0.25, 0.3) is 5.91 Å². The van der Waals surface area contributed by atoms with Crippen LogP contribution in [0.1, 0.15) is 18.4 Å². The lowest BCUT2D eigenvalue weighted by atomic mass is 10.2. The summed E-state index contributed by atoms with van der Waals surface area (Å²) in [5.41, 5.74) is 0.736. The summed E-state index contributed by atoms with van der Waals surface area (Å²) in [5, 5.41) is 3.62. The molecule has 1 saturated heterocycles. The Bertz CT molecular complexity index is 530. The van der Waals surface area contributed by atoms with E-state index in [1.807, 2.05) is 0 Å². The van der Waals surface area contributed by atoms with E-state index in [0.717, 1.165) is 12.0 Å². The van der Waals surface area contributed by atoms with Gasteiger partial charge in [-0.3, -0.25) is 4.79 Å². The van der Waals surface area contributed by atoms with Crippen molar-refractivity contribution >= 4 is 35.1 Å². The Morgan fingerprint density at radius 2 is 2.19 bits per heavy atom. The normalized spacial score (nSPS) is 17.5. The summed E-state index contributed by atoms with van der Waals surface area (Å²) >= 11 is 11.8. The first kappa shape index (κ1) is 16.1. The van der Waals surface area contributed by atoms with Crippen LogP contribution in [0.4, 0.5) is 0 Å². The first-order chi connectivity index (χ1) is 10.1. The summed E-state index contributed by atoms with van der Waals surface area (Å²) in [5.74, 6) is -0.889. The molecule has 1 amide bonds. The molecule has 1 atom stereocenters. The lowest BCUT2D eigenvalue weighted by Crippen LogP contribution is -2.31. The number of halogens is 2. The van der Waals surface area contributed by atoms with Crippen molar-refractivity contribution in [3.63, 3.8) is 0 Å². The van der Waals surface area contributed by atoms with Gasteiger partial charge in [-0.1, -0.05) is 29.3 Å². The standard InChI is InChI=1S/C14H15Cl2NO4/c15-10-4-3-9(11(16)6-10)7-17-13(18)8-21-14(19)12-2-1-5-20-12/h3-4,6,12H,1-2,5,7-8H2,(H,17,18). The minimum Gasteiger partial charge on any atom is -0.454 e. The third kappa shape index (κ3) is 4.88. The smallest absolute Gasteiger partial charge is 0.335 e. The molecule has 0 aromatic heterocycles. The zero-order valence-corrected chi connectivity index (χ0v) is 12.7. The average molecular weight is 332 g/mol. The number of amides is 1. The average Bonchev–Trinajstić information content (AvgIpc) is 2.98. The van der Waals surface area contributed by atoms with Gasteiger partial charge in [0.15, 0.2) is 12.7 Å². The lowest BCUT2D eigenvalue weighted by molar-refractivity contribution is -0.157. The van der Waals surface area contributed by atoms with Crippen molar-refractivity contribution in [2.24, 2.45) is 0 Å². The second-order valence-corrected chi connectivity index (χ2v) is 5.47.